The molecule has 104 valence electrons. The van der Waals surface area contributed by atoms with E-state index in [9.17, 15) is 0 Å². The van der Waals surface area contributed by atoms with Crippen LogP contribution in [0.5, 0.6) is 0 Å². The van der Waals surface area contributed by atoms with Crippen LogP contribution in [0.3, 0.4) is 0 Å². The third-order valence-electron chi connectivity index (χ3n) is 5.46. The van der Waals surface area contributed by atoms with E-state index in [4.69, 9.17) is 0 Å². The lowest BCUT2D eigenvalue weighted by Crippen LogP contribution is -2.51. The number of hydrogen-bond acceptors (Lipinski definition) is 2. The molecule has 0 bridgehead atoms. The molecule has 2 heteroatoms. The second-order valence-electron chi connectivity index (χ2n) is 6.83. The van der Waals surface area contributed by atoms with Gasteiger partial charge in [-0.1, -0.05) is 25.7 Å². The summed E-state index contributed by atoms with van der Waals surface area (Å²) in [4.78, 5) is 2.81. The van der Waals surface area contributed by atoms with E-state index in [1.165, 1.54) is 83.8 Å². The first-order chi connectivity index (χ1) is 8.92. The molecule has 0 aromatic carbocycles. The first-order valence-electron chi connectivity index (χ1n) is 8.39. The van der Waals surface area contributed by atoms with Crippen LogP contribution < -0.4 is 5.32 Å². The molecule has 18 heavy (non-hydrogen) atoms. The molecule has 1 N–H and O–H groups in total. The van der Waals surface area contributed by atoms with E-state index in [0.29, 0.717) is 0 Å². The summed E-state index contributed by atoms with van der Waals surface area (Å²) in [5.41, 5.74) is 0. The first kappa shape index (κ1) is 12.9. The number of likely N-dealkylation sites (tertiary alicyclic amines) is 1. The number of nitrogens with one attached hydrogen (secondary N) is 1. The van der Waals surface area contributed by atoms with Crippen molar-refractivity contribution in [3.8, 4) is 0 Å². The van der Waals surface area contributed by atoms with Crippen LogP contribution >= 0.6 is 0 Å². The maximum absolute atomic E-state index is 3.85. The van der Waals surface area contributed by atoms with E-state index in [2.05, 4.69) is 10.2 Å². The van der Waals surface area contributed by atoms with Crippen LogP contribution in [0.25, 0.3) is 0 Å². The highest BCUT2D eigenvalue weighted by molar-refractivity contribution is 4.85. The van der Waals surface area contributed by atoms with Crippen LogP contribution in [0.4, 0.5) is 0 Å². The zero-order chi connectivity index (χ0) is 12.2. The molecule has 3 fully saturated rings. The number of hydrogen-bond donors (Lipinski definition) is 1. The second kappa shape index (κ2) is 6.38. The largest absolute Gasteiger partial charge is 0.312 e. The van der Waals surface area contributed by atoms with Gasteiger partial charge in [0.15, 0.2) is 0 Å². The minimum Gasteiger partial charge on any atom is -0.312 e. The van der Waals surface area contributed by atoms with Gasteiger partial charge in [-0.2, -0.15) is 0 Å². The fourth-order valence-corrected chi connectivity index (χ4v) is 3.98. The fourth-order valence-electron chi connectivity index (χ4n) is 3.98. The van der Waals surface area contributed by atoms with Crippen molar-refractivity contribution in [3.05, 3.63) is 0 Å². The first-order valence-corrected chi connectivity index (χ1v) is 8.39. The van der Waals surface area contributed by atoms with Crippen molar-refractivity contribution in [2.45, 2.75) is 76.3 Å². The van der Waals surface area contributed by atoms with Crippen molar-refractivity contribution in [2.24, 2.45) is 5.92 Å². The van der Waals surface area contributed by atoms with Crippen LogP contribution in [0.15, 0.2) is 0 Å². The monoisotopic (exact) mass is 250 g/mol. The van der Waals surface area contributed by atoms with E-state index < -0.39 is 0 Å². The van der Waals surface area contributed by atoms with Crippen molar-refractivity contribution >= 4 is 0 Å². The molecule has 1 atom stereocenters. The highest BCUT2D eigenvalue weighted by Crippen LogP contribution is 2.27. The molecule has 1 aliphatic heterocycles. The second-order valence-corrected chi connectivity index (χ2v) is 6.83. The Morgan fingerprint density at radius 2 is 1.67 bits per heavy atom. The molecule has 1 unspecified atom stereocenters. The van der Waals surface area contributed by atoms with E-state index in [0.717, 1.165) is 18.0 Å². The Kier molecular flexibility index (Phi) is 4.58. The topological polar surface area (TPSA) is 15.3 Å². The van der Waals surface area contributed by atoms with Gasteiger partial charge in [-0.15, -0.1) is 0 Å². The van der Waals surface area contributed by atoms with E-state index in [1.807, 2.05) is 0 Å². The number of piperidine rings is 1. The highest BCUT2D eigenvalue weighted by Gasteiger charge is 2.27. The molecular formula is C16H30N2. The normalized spacial score (nSPS) is 32.3. The lowest BCUT2D eigenvalue weighted by atomic mass is 9.85. The zero-order valence-corrected chi connectivity index (χ0v) is 11.9. The summed E-state index contributed by atoms with van der Waals surface area (Å²) in [7, 11) is 0. The summed E-state index contributed by atoms with van der Waals surface area (Å²) in [6.45, 7) is 3.99. The Balaban J connectivity index is 1.42. The van der Waals surface area contributed by atoms with Gasteiger partial charge in [-0.05, 0) is 57.5 Å². The Morgan fingerprint density at radius 1 is 0.833 bits per heavy atom. The maximum Gasteiger partial charge on any atom is 0.0195 e. The van der Waals surface area contributed by atoms with Crippen LogP contribution in [-0.2, 0) is 0 Å². The number of rotatable bonds is 4. The van der Waals surface area contributed by atoms with Gasteiger partial charge in [0.2, 0.25) is 0 Å². The maximum atomic E-state index is 3.85. The molecule has 1 saturated heterocycles. The van der Waals surface area contributed by atoms with E-state index in [1.54, 1.807) is 0 Å². The summed E-state index contributed by atoms with van der Waals surface area (Å²) in [6.07, 6.45) is 14.6. The molecule has 3 rings (SSSR count). The average molecular weight is 250 g/mol. The van der Waals surface area contributed by atoms with Crippen LogP contribution in [0.2, 0.25) is 0 Å². The molecule has 1 heterocycles. The molecule has 0 spiro atoms. The Labute approximate surface area is 113 Å². The Morgan fingerprint density at radius 3 is 2.39 bits per heavy atom. The highest BCUT2D eigenvalue weighted by atomic mass is 15.2. The standard InChI is InChI=1S/C16H30N2/c1-2-9-16(10-3-1)18-11-5-8-15(13-18)17-12-14-6-4-7-14/h14-17H,1-13H2. The van der Waals surface area contributed by atoms with Crippen LogP contribution in [-0.4, -0.2) is 36.6 Å². The average Bonchev–Trinajstić information content (AvgIpc) is 2.38. The lowest BCUT2D eigenvalue weighted by molar-refractivity contribution is 0.107. The predicted molar refractivity (Wildman–Crippen MR) is 76.8 cm³/mol. The van der Waals surface area contributed by atoms with E-state index in [-0.39, 0.29) is 0 Å². The van der Waals surface area contributed by atoms with Gasteiger partial charge in [0.1, 0.15) is 0 Å². The van der Waals surface area contributed by atoms with Gasteiger partial charge < -0.3 is 5.32 Å². The fraction of sp³-hybridized carbons (Fsp3) is 1.00. The molecule has 2 saturated carbocycles. The summed E-state index contributed by atoms with van der Waals surface area (Å²) in [5.74, 6) is 1.01. The summed E-state index contributed by atoms with van der Waals surface area (Å²) in [5, 5.41) is 3.85. The van der Waals surface area contributed by atoms with Crippen molar-refractivity contribution in [1.29, 1.82) is 0 Å². The van der Waals surface area contributed by atoms with Crippen LogP contribution in [0, 0.1) is 5.92 Å². The smallest absolute Gasteiger partial charge is 0.0195 e. The minimum absolute atomic E-state index is 0.793. The van der Waals surface area contributed by atoms with Gasteiger partial charge in [0.05, 0.1) is 0 Å². The summed E-state index contributed by atoms with van der Waals surface area (Å²) < 4.78 is 0. The van der Waals surface area contributed by atoms with Crippen molar-refractivity contribution in [3.63, 3.8) is 0 Å². The molecule has 3 aliphatic rings. The third-order valence-corrected chi connectivity index (χ3v) is 5.46. The van der Waals surface area contributed by atoms with Crippen molar-refractivity contribution < 1.29 is 0 Å². The quantitative estimate of drug-likeness (QED) is 0.824. The van der Waals surface area contributed by atoms with Gasteiger partial charge in [0.25, 0.3) is 0 Å². The zero-order valence-electron chi connectivity index (χ0n) is 11.9. The Hall–Kier alpha value is -0.0800. The summed E-state index contributed by atoms with van der Waals surface area (Å²) >= 11 is 0. The van der Waals surface area contributed by atoms with Crippen molar-refractivity contribution in [2.75, 3.05) is 19.6 Å². The molecule has 0 radical (unpaired) electrons. The number of nitrogens with zero attached hydrogens (tertiary/aromatic N) is 1. The van der Waals surface area contributed by atoms with Crippen molar-refractivity contribution in [1.82, 2.24) is 10.2 Å². The molecule has 0 aromatic heterocycles. The lowest BCUT2D eigenvalue weighted by Gasteiger charge is -2.41. The Bertz CT molecular complexity index is 243. The molecular weight excluding hydrogens is 220 g/mol. The third kappa shape index (κ3) is 3.27. The van der Waals surface area contributed by atoms with Gasteiger partial charge >= 0.3 is 0 Å². The van der Waals surface area contributed by atoms with Gasteiger partial charge in [-0.25, -0.2) is 0 Å². The molecule has 0 amide bonds. The van der Waals surface area contributed by atoms with Crippen LogP contribution in [0.1, 0.15) is 64.2 Å². The van der Waals surface area contributed by atoms with Gasteiger partial charge in [-0.3, -0.25) is 4.90 Å². The minimum atomic E-state index is 0.793. The van der Waals surface area contributed by atoms with E-state index >= 15 is 0 Å². The SMILES string of the molecule is C1CCC(N2CCCC(NCC3CCC3)C2)CC1. The molecule has 0 aromatic rings. The molecule has 2 nitrogen and oxygen atoms in total. The molecule has 2 aliphatic carbocycles. The van der Waals surface area contributed by atoms with Gasteiger partial charge in [0, 0.05) is 18.6 Å². The predicted octanol–water partition coefficient (Wildman–Crippen LogP) is 3.17. The summed E-state index contributed by atoms with van der Waals surface area (Å²) in [6, 6.07) is 1.72.